The van der Waals surface area contributed by atoms with Gasteiger partial charge in [-0.2, -0.15) is 13.2 Å². The molecule has 118 valence electrons. The summed E-state index contributed by atoms with van der Waals surface area (Å²) in [5, 5.41) is 10.3. The lowest BCUT2D eigenvalue weighted by Crippen LogP contribution is -2.29. The van der Waals surface area contributed by atoms with E-state index in [4.69, 9.17) is 4.74 Å². The number of carbonyl (C=O) groups is 1. The molecule has 0 radical (unpaired) electrons. The van der Waals surface area contributed by atoms with Gasteiger partial charge in [-0.15, -0.1) is 0 Å². The number of hydrogen-bond acceptors (Lipinski definition) is 3. The van der Waals surface area contributed by atoms with E-state index in [0.717, 1.165) is 12.1 Å². The van der Waals surface area contributed by atoms with Crippen LogP contribution in [-0.2, 0) is 15.7 Å². The summed E-state index contributed by atoms with van der Waals surface area (Å²) in [7, 11) is 0. The van der Waals surface area contributed by atoms with Crippen LogP contribution in [0.5, 0.6) is 0 Å². The van der Waals surface area contributed by atoms with Crippen molar-refractivity contribution < 1.29 is 27.8 Å². The van der Waals surface area contributed by atoms with E-state index in [-0.39, 0.29) is 18.1 Å². The second kappa shape index (κ2) is 6.93. The molecule has 0 saturated heterocycles. The van der Waals surface area contributed by atoms with Gasteiger partial charge in [0.05, 0.1) is 24.2 Å². The minimum atomic E-state index is -4.49. The van der Waals surface area contributed by atoms with Gasteiger partial charge in [-0.25, -0.2) is 0 Å². The molecule has 0 aromatic heterocycles. The molecule has 0 aliphatic rings. The molecule has 0 spiro atoms. The van der Waals surface area contributed by atoms with Gasteiger partial charge in [0.25, 0.3) is 0 Å². The van der Waals surface area contributed by atoms with Crippen molar-refractivity contribution in [2.45, 2.75) is 33.1 Å². The van der Waals surface area contributed by atoms with Gasteiger partial charge in [0.2, 0.25) is 0 Å². The number of halogens is 3. The summed E-state index contributed by atoms with van der Waals surface area (Å²) in [6.07, 6.45) is -5.83. The highest BCUT2D eigenvalue weighted by Crippen LogP contribution is 2.34. The van der Waals surface area contributed by atoms with Crippen molar-refractivity contribution in [3.63, 3.8) is 0 Å². The van der Waals surface area contributed by atoms with Crippen molar-refractivity contribution in [3.8, 4) is 0 Å². The molecule has 0 heterocycles. The Hall–Kier alpha value is -1.56. The minimum Gasteiger partial charge on any atom is -0.466 e. The fourth-order valence-corrected chi connectivity index (χ4v) is 2.11. The number of hydrogen-bond donors (Lipinski definition) is 1. The first-order valence-corrected chi connectivity index (χ1v) is 6.70. The Kier molecular flexibility index (Phi) is 5.78. The van der Waals surface area contributed by atoms with Crippen molar-refractivity contribution >= 4 is 5.97 Å². The van der Waals surface area contributed by atoms with E-state index in [1.165, 1.54) is 12.1 Å². The Bertz CT molecular complexity index is 483. The lowest BCUT2D eigenvalue weighted by molar-refractivity contribution is -0.154. The number of carbonyl (C=O) groups excluding carboxylic acids is 1. The fourth-order valence-electron chi connectivity index (χ4n) is 2.11. The van der Waals surface area contributed by atoms with Gasteiger partial charge in [-0.05, 0) is 30.5 Å². The van der Waals surface area contributed by atoms with Crippen LogP contribution in [0, 0.1) is 11.8 Å². The zero-order valence-electron chi connectivity index (χ0n) is 12.1. The van der Waals surface area contributed by atoms with Crippen LogP contribution in [0.25, 0.3) is 0 Å². The van der Waals surface area contributed by atoms with E-state index in [1.54, 1.807) is 20.8 Å². The van der Waals surface area contributed by atoms with Crippen LogP contribution in [0.2, 0.25) is 0 Å². The summed E-state index contributed by atoms with van der Waals surface area (Å²) >= 11 is 0. The van der Waals surface area contributed by atoms with E-state index in [1.807, 2.05) is 0 Å². The fraction of sp³-hybridized carbons (Fsp3) is 0.533. The molecule has 0 bridgehead atoms. The van der Waals surface area contributed by atoms with E-state index in [0.29, 0.717) is 0 Å². The average Bonchev–Trinajstić information content (AvgIpc) is 2.37. The molecule has 0 fully saturated rings. The summed E-state index contributed by atoms with van der Waals surface area (Å²) in [5.74, 6) is -1.79. The van der Waals surface area contributed by atoms with Crippen molar-refractivity contribution in [2.75, 3.05) is 6.61 Å². The second-order valence-electron chi connectivity index (χ2n) is 5.09. The third kappa shape index (κ3) is 4.46. The van der Waals surface area contributed by atoms with Crippen LogP contribution in [0.4, 0.5) is 13.2 Å². The predicted molar refractivity (Wildman–Crippen MR) is 71.4 cm³/mol. The van der Waals surface area contributed by atoms with Crippen molar-refractivity contribution in [1.29, 1.82) is 0 Å². The highest BCUT2D eigenvalue weighted by atomic mass is 19.4. The molecule has 2 atom stereocenters. The Labute approximate surface area is 121 Å². The molecule has 1 N–H and O–H groups in total. The van der Waals surface area contributed by atoms with Crippen LogP contribution in [-0.4, -0.2) is 17.7 Å². The van der Waals surface area contributed by atoms with Crippen LogP contribution < -0.4 is 0 Å². The van der Waals surface area contributed by atoms with Gasteiger partial charge in [0, 0.05) is 0 Å². The molecule has 3 nitrogen and oxygen atoms in total. The van der Waals surface area contributed by atoms with E-state index < -0.39 is 29.7 Å². The average molecular weight is 304 g/mol. The number of esters is 1. The first-order chi connectivity index (χ1) is 9.68. The third-order valence-electron chi connectivity index (χ3n) is 3.17. The number of benzene rings is 1. The first kappa shape index (κ1) is 17.5. The van der Waals surface area contributed by atoms with E-state index in [9.17, 15) is 23.1 Å². The van der Waals surface area contributed by atoms with Crippen molar-refractivity contribution in [1.82, 2.24) is 0 Å². The predicted octanol–water partition coefficient (Wildman–Crippen LogP) is 3.57. The molecule has 1 rings (SSSR count). The van der Waals surface area contributed by atoms with Crippen LogP contribution in [0.3, 0.4) is 0 Å². The second-order valence-corrected chi connectivity index (χ2v) is 5.09. The van der Waals surface area contributed by atoms with Gasteiger partial charge < -0.3 is 9.84 Å². The SMILES string of the molecule is CCOC(=O)C(C(C)C)C(O)c1cccc(C(F)(F)F)c1. The van der Waals surface area contributed by atoms with Gasteiger partial charge in [-0.1, -0.05) is 26.0 Å². The van der Waals surface area contributed by atoms with Crippen LogP contribution in [0.1, 0.15) is 38.0 Å². The lowest BCUT2D eigenvalue weighted by atomic mass is 9.86. The number of rotatable bonds is 5. The highest BCUT2D eigenvalue weighted by molar-refractivity contribution is 5.73. The molecule has 0 amide bonds. The Morgan fingerprint density at radius 1 is 1.33 bits per heavy atom. The first-order valence-electron chi connectivity index (χ1n) is 6.70. The van der Waals surface area contributed by atoms with Crippen LogP contribution in [0.15, 0.2) is 24.3 Å². The third-order valence-corrected chi connectivity index (χ3v) is 3.17. The van der Waals surface area contributed by atoms with E-state index >= 15 is 0 Å². The van der Waals surface area contributed by atoms with E-state index in [2.05, 4.69) is 0 Å². The zero-order chi connectivity index (χ0) is 16.2. The maximum absolute atomic E-state index is 12.7. The highest BCUT2D eigenvalue weighted by Gasteiger charge is 2.35. The summed E-state index contributed by atoms with van der Waals surface area (Å²) < 4.78 is 43.0. The number of aliphatic hydroxyl groups excluding tert-OH is 1. The number of alkyl halides is 3. The van der Waals surface area contributed by atoms with Gasteiger partial charge in [0.1, 0.15) is 0 Å². The Morgan fingerprint density at radius 2 is 1.95 bits per heavy atom. The molecular weight excluding hydrogens is 285 g/mol. The maximum Gasteiger partial charge on any atom is 0.416 e. The van der Waals surface area contributed by atoms with Gasteiger partial charge in [0.15, 0.2) is 0 Å². The normalized spacial score (nSPS) is 14.9. The standard InChI is InChI=1S/C15H19F3O3/c1-4-21-14(20)12(9(2)3)13(19)10-6-5-7-11(8-10)15(16,17)18/h5-9,12-13,19H,4H2,1-3H3. The summed E-state index contributed by atoms with van der Waals surface area (Å²) in [6, 6.07) is 4.36. The largest absolute Gasteiger partial charge is 0.466 e. The Morgan fingerprint density at radius 3 is 2.43 bits per heavy atom. The maximum atomic E-state index is 12.7. The van der Waals surface area contributed by atoms with Crippen molar-refractivity contribution in [2.24, 2.45) is 11.8 Å². The monoisotopic (exact) mass is 304 g/mol. The lowest BCUT2D eigenvalue weighted by Gasteiger charge is -2.25. The van der Waals surface area contributed by atoms with Crippen LogP contribution >= 0.6 is 0 Å². The molecule has 0 saturated carbocycles. The molecule has 1 aromatic rings. The van der Waals surface area contributed by atoms with Crippen molar-refractivity contribution in [3.05, 3.63) is 35.4 Å². The Balaban J connectivity index is 3.10. The summed E-state index contributed by atoms with van der Waals surface area (Å²) in [6.45, 7) is 5.19. The summed E-state index contributed by atoms with van der Waals surface area (Å²) in [4.78, 5) is 11.9. The molecule has 2 unspecified atom stereocenters. The van der Waals surface area contributed by atoms with Gasteiger partial charge >= 0.3 is 12.1 Å². The molecule has 0 aliphatic carbocycles. The minimum absolute atomic E-state index is 0.0524. The number of aliphatic hydroxyl groups is 1. The molecular formula is C15H19F3O3. The molecule has 0 aliphatic heterocycles. The topological polar surface area (TPSA) is 46.5 Å². The molecule has 21 heavy (non-hydrogen) atoms. The molecule has 1 aromatic carbocycles. The molecule has 6 heteroatoms. The summed E-state index contributed by atoms with van der Waals surface area (Å²) in [5.41, 5.74) is -0.804. The zero-order valence-corrected chi connectivity index (χ0v) is 12.1. The van der Waals surface area contributed by atoms with Gasteiger partial charge in [-0.3, -0.25) is 4.79 Å². The quantitative estimate of drug-likeness (QED) is 0.846. The number of ether oxygens (including phenoxy) is 1. The smallest absolute Gasteiger partial charge is 0.416 e.